The summed E-state index contributed by atoms with van der Waals surface area (Å²) in [6.07, 6.45) is 3.85. The third-order valence-corrected chi connectivity index (χ3v) is 18.9. The smallest absolute Gasteiger partial charge is 0.164 e. The zero-order valence-electron chi connectivity index (χ0n) is 52.8. The van der Waals surface area contributed by atoms with Gasteiger partial charge in [0.05, 0.1) is 49.8 Å². The van der Waals surface area contributed by atoms with E-state index in [0.717, 1.165) is 94.9 Å². The number of benzene rings is 13. The molecule has 0 radical (unpaired) electrons. The number of aromatic nitrogens is 10. The summed E-state index contributed by atoms with van der Waals surface area (Å²) in [4.78, 5) is 29.8. The van der Waals surface area contributed by atoms with Crippen LogP contribution in [0.3, 0.4) is 0 Å². The monoisotopic (exact) mass is 1250 g/mol. The Labute approximate surface area is 562 Å². The Morgan fingerprint density at radius 1 is 0.214 bits per heavy atom. The van der Waals surface area contributed by atoms with E-state index in [1.807, 2.05) is 97.3 Å². The SMILES string of the molecule is c1ccc(-c2cc(-n3c4ccccc4c4cc5c(cc43)c3ccc4ccccc4c3n5-c3ccccc3)nc(-c3ccccc3)n2)cc1.c1ccc(-c2nc(-c3ccccc3)nc(-c3cccc(-n4c5ccccc5c5cc6c7cnccc7n(-c7ccccc7)c6cc54)c3)n2)cc1. The molecule has 0 amide bonds. The minimum Gasteiger partial charge on any atom is -0.309 e. The maximum absolute atomic E-state index is 5.25. The topological polar surface area (TPSA) is 97.1 Å². The molecule has 0 aliphatic rings. The normalized spacial score (nSPS) is 11.7. The maximum Gasteiger partial charge on any atom is 0.164 e. The van der Waals surface area contributed by atoms with Crippen molar-refractivity contribution in [2.24, 2.45) is 0 Å². The number of pyridine rings is 1. The summed E-state index contributed by atoms with van der Waals surface area (Å²) >= 11 is 0. The lowest BCUT2D eigenvalue weighted by Gasteiger charge is -2.12. The predicted molar refractivity (Wildman–Crippen MR) is 402 cm³/mol. The third kappa shape index (κ3) is 9.41. The zero-order valence-corrected chi connectivity index (χ0v) is 52.8. The molecule has 0 saturated heterocycles. The van der Waals surface area contributed by atoms with Gasteiger partial charge in [0.15, 0.2) is 23.3 Å². The first kappa shape index (κ1) is 56.1. The van der Waals surface area contributed by atoms with Gasteiger partial charge in [-0.05, 0) is 84.2 Å². The number of para-hydroxylation sites is 4. The Morgan fingerprint density at radius 3 is 1.27 bits per heavy atom. The van der Waals surface area contributed by atoms with Crippen LogP contribution < -0.4 is 0 Å². The summed E-state index contributed by atoms with van der Waals surface area (Å²) in [6, 6.07) is 115. The largest absolute Gasteiger partial charge is 0.309 e. The second-order valence-electron chi connectivity index (χ2n) is 24.7. The minimum atomic E-state index is 0.624. The van der Waals surface area contributed by atoms with Crippen molar-refractivity contribution < 1.29 is 0 Å². The molecule has 458 valence electrons. The van der Waals surface area contributed by atoms with Crippen LogP contribution in [0.5, 0.6) is 0 Å². The van der Waals surface area contributed by atoms with Crippen molar-refractivity contribution in [2.45, 2.75) is 0 Å². The van der Waals surface area contributed by atoms with Gasteiger partial charge in [-0.3, -0.25) is 9.55 Å². The second-order valence-corrected chi connectivity index (χ2v) is 24.7. The van der Waals surface area contributed by atoms with Gasteiger partial charge in [-0.25, -0.2) is 24.9 Å². The molecule has 0 bridgehead atoms. The fraction of sp³-hybridized carbons (Fsp3) is 0. The molecule has 7 aromatic heterocycles. The van der Waals surface area contributed by atoms with E-state index in [9.17, 15) is 0 Å². The van der Waals surface area contributed by atoms with Crippen LogP contribution in [0.15, 0.2) is 340 Å². The van der Waals surface area contributed by atoms with E-state index < -0.39 is 0 Å². The van der Waals surface area contributed by atoms with Gasteiger partial charge < -0.3 is 13.7 Å². The fourth-order valence-electron chi connectivity index (χ4n) is 14.5. The summed E-state index contributed by atoms with van der Waals surface area (Å²) in [5.74, 6) is 3.45. The summed E-state index contributed by atoms with van der Waals surface area (Å²) in [5.41, 5.74) is 18.1. The van der Waals surface area contributed by atoms with Crippen molar-refractivity contribution in [2.75, 3.05) is 0 Å². The summed E-state index contributed by atoms with van der Waals surface area (Å²) < 4.78 is 9.45. The van der Waals surface area contributed by atoms with E-state index in [1.54, 1.807) is 0 Å². The van der Waals surface area contributed by atoms with Crippen molar-refractivity contribution >= 4 is 98.0 Å². The Balaban J connectivity index is 0.000000137. The molecule has 0 spiro atoms. The molecule has 7 heterocycles. The lowest BCUT2D eigenvalue weighted by Crippen LogP contribution is -2.02. The van der Waals surface area contributed by atoms with Crippen LogP contribution in [0.25, 0.3) is 178 Å². The van der Waals surface area contributed by atoms with Crippen LogP contribution in [-0.4, -0.2) is 48.2 Å². The fourth-order valence-corrected chi connectivity index (χ4v) is 14.5. The molecule has 98 heavy (non-hydrogen) atoms. The molecule has 20 aromatic rings. The summed E-state index contributed by atoms with van der Waals surface area (Å²) in [6.45, 7) is 0. The average molecular weight is 1250 g/mol. The standard InChI is InChI=1S/C44H28N6.C44H28N4/c1-4-13-29(14-5-1)42-46-43(30-15-6-2-7-16-30)48-44(47-42)31-17-12-20-33(25-31)50-38-22-11-10-21-34(38)35-26-36-37-28-45-24-23-39(37)49(41(36)27-40(35)50)32-18-8-3-9-19-32;1-4-15-30(16-5-1)38-28-42(46-44(45-38)31-17-6-2-7-18-31)48-39-23-13-12-22-34(39)36-26-40-37(27-41(36)48)35-25-24-29-14-10-11-21-33(29)43(35)47(40)32-19-8-3-9-20-32/h1-28H;1-28H. The molecule has 0 aliphatic heterocycles. The molecule has 0 aliphatic carbocycles. The molecular formula is C88H56N10. The molecule has 0 N–H and O–H groups in total. The molecule has 0 saturated carbocycles. The van der Waals surface area contributed by atoms with E-state index in [-0.39, 0.29) is 0 Å². The van der Waals surface area contributed by atoms with Crippen LogP contribution in [0.2, 0.25) is 0 Å². The highest BCUT2D eigenvalue weighted by Gasteiger charge is 2.24. The first-order valence-corrected chi connectivity index (χ1v) is 32.9. The van der Waals surface area contributed by atoms with Gasteiger partial charge in [-0.1, -0.05) is 243 Å². The number of hydrogen-bond donors (Lipinski definition) is 0. The quantitative estimate of drug-likeness (QED) is 0.143. The van der Waals surface area contributed by atoms with Crippen LogP contribution in [0.1, 0.15) is 0 Å². The van der Waals surface area contributed by atoms with Gasteiger partial charge >= 0.3 is 0 Å². The van der Waals surface area contributed by atoms with Crippen molar-refractivity contribution in [3.63, 3.8) is 0 Å². The van der Waals surface area contributed by atoms with Crippen molar-refractivity contribution in [3.05, 3.63) is 340 Å². The van der Waals surface area contributed by atoms with Crippen LogP contribution in [0.4, 0.5) is 0 Å². The summed E-state index contributed by atoms with van der Waals surface area (Å²) in [7, 11) is 0. The minimum absolute atomic E-state index is 0.624. The Hall–Kier alpha value is -13.4. The lowest BCUT2D eigenvalue weighted by molar-refractivity contribution is 1.05. The number of fused-ring (bicyclic) bond motifs is 14. The first-order chi connectivity index (χ1) is 48.6. The van der Waals surface area contributed by atoms with Crippen molar-refractivity contribution in [1.82, 2.24) is 48.2 Å². The predicted octanol–water partition coefficient (Wildman–Crippen LogP) is 21.6. The molecule has 0 unspecified atom stereocenters. The highest BCUT2D eigenvalue weighted by molar-refractivity contribution is 6.24. The van der Waals surface area contributed by atoms with Crippen LogP contribution in [0, 0.1) is 0 Å². The van der Waals surface area contributed by atoms with E-state index in [2.05, 4.69) is 266 Å². The molecule has 13 aromatic carbocycles. The number of rotatable bonds is 9. The molecule has 10 heteroatoms. The maximum atomic E-state index is 5.25. The average Bonchev–Trinajstić information content (AvgIpc) is 1.55. The summed E-state index contributed by atoms with van der Waals surface area (Å²) in [5, 5.41) is 12.0. The van der Waals surface area contributed by atoms with Gasteiger partial charge in [0.2, 0.25) is 0 Å². The number of nitrogens with zero attached hydrogens (tertiary/aromatic N) is 10. The lowest BCUT2D eigenvalue weighted by atomic mass is 10.0. The molecule has 0 fully saturated rings. The zero-order chi connectivity index (χ0) is 64.6. The first-order valence-electron chi connectivity index (χ1n) is 32.9. The third-order valence-electron chi connectivity index (χ3n) is 18.9. The van der Waals surface area contributed by atoms with Crippen molar-refractivity contribution in [1.29, 1.82) is 0 Å². The van der Waals surface area contributed by atoms with E-state index in [1.165, 1.54) is 59.5 Å². The molecular weight excluding hydrogens is 1200 g/mol. The highest BCUT2D eigenvalue weighted by Crippen LogP contribution is 2.44. The van der Waals surface area contributed by atoms with Gasteiger partial charge in [-0.15, -0.1) is 0 Å². The van der Waals surface area contributed by atoms with Gasteiger partial charge in [0.25, 0.3) is 0 Å². The number of hydrogen-bond acceptors (Lipinski definition) is 6. The second kappa shape index (κ2) is 23.2. The van der Waals surface area contributed by atoms with Crippen LogP contribution >= 0.6 is 0 Å². The van der Waals surface area contributed by atoms with E-state index in [4.69, 9.17) is 24.9 Å². The van der Waals surface area contributed by atoms with Crippen molar-refractivity contribution in [3.8, 4) is 79.7 Å². The Bertz CT molecular complexity index is 6340. The molecule has 10 nitrogen and oxygen atoms in total. The molecule has 0 atom stereocenters. The Morgan fingerprint density at radius 2 is 0.643 bits per heavy atom. The van der Waals surface area contributed by atoms with E-state index in [0.29, 0.717) is 23.3 Å². The van der Waals surface area contributed by atoms with Crippen LogP contribution in [-0.2, 0) is 0 Å². The highest BCUT2D eigenvalue weighted by atomic mass is 15.1. The Kier molecular flexibility index (Phi) is 13.3. The van der Waals surface area contributed by atoms with Gasteiger partial charge in [-0.2, -0.15) is 0 Å². The van der Waals surface area contributed by atoms with Gasteiger partial charge in [0.1, 0.15) is 5.82 Å². The van der Waals surface area contributed by atoms with E-state index >= 15 is 0 Å². The van der Waals surface area contributed by atoms with Gasteiger partial charge in [0, 0.05) is 112 Å². The molecule has 20 rings (SSSR count).